The molecule has 0 saturated carbocycles. The Morgan fingerprint density at radius 1 is 1.14 bits per heavy atom. The minimum atomic E-state index is 0.243. The highest BCUT2D eigenvalue weighted by Gasteiger charge is 2.14. The van der Waals surface area contributed by atoms with Gasteiger partial charge in [0.2, 0.25) is 0 Å². The third-order valence-electron chi connectivity index (χ3n) is 3.77. The molecule has 1 aromatic rings. The molecule has 0 aromatic heterocycles. The Labute approximate surface area is 129 Å². The van der Waals surface area contributed by atoms with Gasteiger partial charge in [0.15, 0.2) is 0 Å². The van der Waals surface area contributed by atoms with E-state index in [1.54, 1.807) is 14.2 Å². The summed E-state index contributed by atoms with van der Waals surface area (Å²) in [5.41, 5.74) is 8.50. The molecule has 0 radical (unpaired) electrons. The van der Waals surface area contributed by atoms with E-state index in [4.69, 9.17) is 15.2 Å². The molecule has 0 aliphatic heterocycles. The average Bonchev–Trinajstić information content (AvgIpc) is 2.49. The van der Waals surface area contributed by atoms with Crippen LogP contribution in [0.5, 0.6) is 0 Å². The number of hydrogen-bond donors (Lipinski definition) is 1. The van der Waals surface area contributed by atoms with Gasteiger partial charge in [0.25, 0.3) is 0 Å². The lowest BCUT2D eigenvalue weighted by atomic mass is 10.0. The molecule has 4 nitrogen and oxygen atoms in total. The zero-order chi connectivity index (χ0) is 15.7. The molecule has 0 saturated heterocycles. The molecule has 120 valence electrons. The second-order valence-corrected chi connectivity index (χ2v) is 5.53. The molecule has 0 aliphatic carbocycles. The SMILES string of the molecule is CCC(N)Cc1ccc(N(CCOC)C(C)COC)cc1. The molecular formula is C17H30N2O2. The normalized spacial score (nSPS) is 14.0. The minimum Gasteiger partial charge on any atom is -0.383 e. The van der Waals surface area contributed by atoms with Crippen LogP contribution >= 0.6 is 0 Å². The van der Waals surface area contributed by atoms with E-state index in [1.165, 1.54) is 11.3 Å². The van der Waals surface area contributed by atoms with Gasteiger partial charge in [0, 0.05) is 38.5 Å². The fourth-order valence-electron chi connectivity index (χ4n) is 2.40. The predicted octanol–water partition coefficient (Wildman–Crippen LogP) is 2.45. The van der Waals surface area contributed by atoms with E-state index in [-0.39, 0.29) is 6.04 Å². The van der Waals surface area contributed by atoms with Crippen molar-refractivity contribution in [2.24, 2.45) is 5.73 Å². The first kappa shape index (κ1) is 18.0. The van der Waals surface area contributed by atoms with Crippen molar-refractivity contribution in [1.29, 1.82) is 0 Å². The summed E-state index contributed by atoms with van der Waals surface area (Å²) >= 11 is 0. The van der Waals surface area contributed by atoms with Crippen molar-refractivity contribution < 1.29 is 9.47 Å². The van der Waals surface area contributed by atoms with E-state index in [2.05, 4.69) is 43.0 Å². The van der Waals surface area contributed by atoms with Crippen molar-refractivity contribution in [3.63, 3.8) is 0 Å². The maximum atomic E-state index is 6.01. The summed E-state index contributed by atoms with van der Waals surface area (Å²) in [6.07, 6.45) is 1.94. The number of rotatable bonds is 10. The van der Waals surface area contributed by atoms with Crippen molar-refractivity contribution in [2.75, 3.05) is 38.9 Å². The second-order valence-electron chi connectivity index (χ2n) is 5.53. The monoisotopic (exact) mass is 294 g/mol. The maximum absolute atomic E-state index is 6.01. The maximum Gasteiger partial charge on any atom is 0.0663 e. The Balaban J connectivity index is 2.77. The van der Waals surface area contributed by atoms with Crippen LogP contribution < -0.4 is 10.6 Å². The van der Waals surface area contributed by atoms with Gasteiger partial charge in [-0.2, -0.15) is 0 Å². The molecular weight excluding hydrogens is 264 g/mol. The van der Waals surface area contributed by atoms with Crippen molar-refractivity contribution in [3.05, 3.63) is 29.8 Å². The predicted molar refractivity (Wildman–Crippen MR) is 89.0 cm³/mol. The minimum absolute atomic E-state index is 0.243. The molecule has 21 heavy (non-hydrogen) atoms. The van der Waals surface area contributed by atoms with Gasteiger partial charge in [0.1, 0.15) is 0 Å². The van der Waals surface area contributed by atoms with E-state index < -0.39 is 0 Å². The van der Waals surface area contributed by atoms with Crippen molar-refractivity contribution in [3.8, 4) is 0 Å². The number of nitrogens with zero attached hydrogens (tertiary/aromatic N) is 1. The summed E-state index contributed by atoms with van der Waals surface area (Å²) < 4.78 is 10.5. The molecule has 0 fully saturated rings. The Kier molecular flexibility index (Phi) is 8.35. The smallest absolute Gasteiger partial charge is 0.0663 e. The van der Waals surface area contributed by atoms with Crippen LogP contribution in [0.2, 0.25) is 0 Å². The van der Waals surface area contributed by atoms with E-state index in [9.17, 15) is 0 Å². The Bertz CT molecular complexity index is 381. The van der Waals surface area contributed by atoms with Gasteiger partial charge in [-0.25, -0.2) is 0 Å². The Morgan fingerprint density at radius 2 is 1.81 bits per heavy atom. The quantitative estimate of drug-likeness (QED) is 0.720. The van der Waals surface area contributed by atoms with E-state index in [1.807, 2.05) is 0 Å². The first-order chi connectivity index (χ1) is 10.1. The molecule has 1 rings (SSSR count). The van der Waals surface area contributed by atoms with E-state index in [0.29, 0.717) is 19.3 Å². The van der Waals surface area contributed by atoms with E-state index in [0.717, 1.165) is 19.4 Å². The zero-order valence-electron chi connectivity index (χ0n) is 13.8. The van der Waals surface area contributed by atoms with Crippen LogP contribution in [0.4, 0.5) is 5.69 Å². The van der Waals surface area contributed by atoms with Crippen LogP contribution in [0, 0.1) is 0 Å². The summed E-state index contributed by atoms with van der Waals surface area (Å²) in [6, 6.07) is 9.23. The number of hydrogen-bond acceptors (Lipinski definition) is 4. The lowest BCUT2D eigenvalue weighted by Gasteiger charge is -2.31. The van der Waals surface area contributed by atoms with Crippen LogP contribution in [0.15, 0.2) is 24.3 Å². The molecule has 2 N–H and O–H groups in total. The van der Waals surface area contributed by atoms with E-state index >= 15 is 0 Å². The molecule has 0 spiro atoms. The Hall–Kier alpha value is -1.10. The fraction of sp³-hybridized carbons (Fsp3) is 0.647. The van der Waals surface area contributed by atoms with Gasteiger partial charge in [-0.15, -0.1) is 0 Å². The largest absolute Gasteiger partial charge is 0.383 e. The van der Waals surface area contributed by atoms with Crippen LogP contribution in [0.25, 0.3) is 0 Å². The molecule has 4 heteroatoms. The number of benzene rings is 1. The molecule has 2 unspecified atom stereocenters. The highest BCUT2D eigenvalue weighted by Crippen LogP contribution is 2.19. The molecule has 0 bridgehead atoms. The molecule has 1 aromatic carbocycles. The van der Waals surface area contributed by atoms with Gasteiger partial charge in [-0.3, -0.25) is 0 Å². The zero-order valence-corrected chi connectivity index (χ0v) is 13.8. The summed E-state index contributed by atoms with van der Waals surface area (Å²) in [7, 11) is 3.47. The van der Waals surface area contributed by atoms with Crippen LogP contribution in [-0.4, -0.2) is 46.1 Å². The van der Waals surface area contributed by atoms with Gasteiger partial charge < -0.3 is 20.1 Å². The first-order valence-electron chi connectivity index (χ1n) is 7.71. The van der Waals surface area contributed by atoms with Crippen LogP contribution in [-0.2, 0) is 15.9 Å². The average molecular weight is 294 g/mol. The van der Waals surface area contributed by atoms with Gasteiger partial charge in [-0.1, -0.05) is 19.1 Å². The molecule has 0 amide bonds. The summed E-state index contributed by atoms with van der Waals surface area (Å²) in [4.78, 5) is 2.32. The van der Waals surface area contributed by atoms with Crippen LogP contribution in [0.1, 0.15) is 25.8 Å². The summed E-state index contributed by atoms with van der Waals surface area (Å²) in [6.45, 7) is 6.55. The molecule has 2 atom stereocenters. The number of anilines is 1. The van der Waals surface area contributed by atoms with Gasteiger partial charge in [0.05, 0.1) is 13.2 Å². The highest BCUT2D eigenvalue weighted by atomic mass is 16.5. The van der Waals surface area contributed by atoms with Gasteiger partial charge in [-0.05, 0) is 37.5 Å². The fourth-order valence-corrected chi connectivity index (χ4v) is 2.40. The highest BCUT2D eigenvalue weighted by molar-refractivity contribution is 5.48. The lowest BCUT2D eigenvalue weighted by molar-refractivity contribution is 0.171. The van der Waals surface area contributed by atoms with Crippen LogP contribution in [0.3, 0.4) is 0 Å². The number of ether oxygens (including phenoxy) is 2. The third kappa shape index (κ3) is 6.04. The van der Waals surface area contributed by atoms with Crippen molar-refractivity contribution in [1.82, 2.24) is 0 Å². The van der Waals surface area contributed by atoms with Crippen molar-refractivity contribution >= 4 is 5.69 Å². The van der Waals surface area contributed by atoms with Crippen molar-refractivity contribution in [2.45, 2.75) is 38.8 Å². The number of methoxy groups -OCH3 is 2. The number of nitrogens with two attached hydrogens (primary N) is 1. The standard InChI is InChI=1S/C17H30N2O2/c1-5-16(18)12-15-6-8-17(9-7-15)19(10-11-20-3)14(2)13-21-4/h6-9,14,16H,5,10-13,18H2,1-4H3. The molecule has 0 heterocycles. The second kappa shape index (κ2) is 9.77. The molecule has 0 aliphatic rings. The third-order valence-corrected chi connectivity index (χ3v) is 3.77. The topological polar surface area (TPSA) is 47.7 Å². The summed E-state index contributed by atoms with van der Waals surface area (Å²) in [5.74, 6) is 0. The Morgan fingerprint density at radius 3 is 2.33 bits per heavy atom. The lowest BCUT2D eigenvalue weighted by Crippen LogP contribution is -2.38. The first-order valence-corrected chi connectivity index (χ1v) is 7.71. The summed E-state index contributed by atoms with van der Waals surface area (Å²) in [5, 5.41) is 0. The van der Waals surface area contributed by atoms with Gasteiger partial charge >= 0.3 is 0 Å².